The molecule has 0 aliphatic carbocycles. The fourth-order valence-corrected chi connectivity index (χ4v) is 8.19. The van der Waals surface area contributed by atoms with Crippen LogP contribution in [0.1, 0.15) is 33.5 Å². The van der Waals surface area contributed by atoms with Gasteiger partial charge in [-0.3, -0.25) is 9.97 Å². The van der Waals surface area contributed by atoms with Crippen molar-refractivity contribution in [1.82, 2.24) is 9.97 Å². The number of aryl methyl sites for hydroxylation is 2. The molecular weight excluding hydrogens is 593 g/mol. The lowest BCUT2D eigenvalue weighted by Crippen LogP contribution is -2.34. The molecule has 0 N–H and O–H groups in total. The van der Waals surface area contributed by atoms with Crippen LogP contribution in [0, 0.1) is 13.8 Å². The van der Waals surface area contributed by atoms with E-state index in [2.05, 4.69) is 134 Å². The highest BCUT2D eigenvalue weighted by atomic mass is 32.2. The molecule has 0 amide bonds. The second-order valence-corrected chi connectivity index (χ2v) is 13.0. The van der Waals surface area contributed by atoms with E-state index >= 15 is 0 Å². The molecular formula is C43H32N2OS. The van der Waals surface area contributed by atoms with Gasteiger partial charge in [0.25, 0.3) is 0 Å². The third kappa shape index (κ3) is 5.11. The average Bonchev–Trinajstić information content (AvgIpc) is 3.11. The number of hydrogen-bond acceptors (Lipinski definition) is 4. The minimum atomic E-state index is -0.627. The van der Waals surface area contributed by atoms with Crippen molar-refractivity contribution in [1.29, 1.82) is 0 Å². The standard InChI is InChI=1S/C43H32N2OS/c1-29-13-11-14-30(2)42(29)32-25-31(38-19-7-9-23-44-38)26-35(27-32)46-34-16-12-15-33(28-34)43(41-22-8-10-24-45-41)36-17-3-5-20-39(36)47-40-21-6-4-18-37(40)43/h3-28H,1-2H3. The number of aromatic nitrogens is 2. The third-order valence-electron chi connectivity index (χ3n) is 8.99. The van der Waals surface area contributed by atoms with Gasteiger partial charge in [-0.1, -0.05) is 90.6 Å². The summed E-state index contributed by atoms with van der Waals surface area (Å²) >= 11 is 1.82. The predicted molar refractivity (Wildman–Crippen MR) is 191 cm³/mol. The molecule has 0 spiro atoms. The van der Waals surface area contributed by atoms with Gasteiger partial charge in [0, 0.05) is 27.7 Å². The van der Waals surface area contributed by atoms with Crippen LogP contribution in [0.4, 0.5) is 0 Å². The second-order valence-electron chi connectivity index (χ2n) is 11.9. The van der Waals surface area contributed by atoms with Gasteiger partial charge in [0.05, 0.1) is 16.8 Å². The summed E-state index contributed by atoms with van der Waals surface area (Å²) in [5, 5.41) is 0. The summed E-state index contributed by atoms with van der Waals surface area (Å²) in [4.78, 5) is 12.1. The quantitative estimate of drug-likeness (QED) is 0.184. The van der Waals surface area contributed by atoms with Crippen molar-refractivity contribution in [2.75, 3.05) is 0 Å². The van der Waals surface area contributed by atoms with Gasteiger partial charge in [-0.25, -0.2) is 0 Å². The molecule has 1 aliphatic heterocycles. The first-order valence-electron chi connectivity index (χ1n) is 15.8. The van der Waals surface area contributed by atoms with Crippen LogP contribution in [0.25, 0.3) is 22.4 Å². The summed E-state index contributed by atoms with van der Waals surface area (Å²) < 4.78 is 6.82. The Balaban J connectivity index is 1.31. The Morgan fingerprint density at radius 1 is 0.532 bits per heavy atom. The Labute approximate surface area is 280 Å². The van der Waals surface area contributed by atoms with E-state index in [1.54, 1.807) is 0 Å². The molecule has 47 heavy (non-hydrogen) atoms. The van der Waals surface area contributed by atoms with Gasteiger partial charge in [0.1, 0.15) is 11.5 Å². The largest absolute Gasteiger partial charge is 0.457 e. The maximum Gasteiger partial charge on any atom is 0.128 e. The van der Waals surface area contributed by atoms with Crippen LogP contribution in [0.15, 0.2) is 168 Å². The first-order valence-corrected chi connectivity index (χ1v) is 16.6. The SMILES string of the molecule is Cc1cccc(C)c1-c1cc(Oc2cccc(C3(c4ccccn4)c4ccccc4Sc4ccccc43)c2)cc(-c2ccccn2)c1. The topological polar surface area (TPSA) is 35.0 Å². The Kier molecular flexibility index (Phi) is 7.43. The highest BCUT2D eigenvalue weighted by molar-refractivity contribution is 7.99. The summed E-state index contributed by atoms with van der Waals surface area (Å²) in [6.45, 7) is 4.32. The van der Waals surface area contributed by atoms with Crippen LogP contribution in [0.2, 0.25) is 0 Å². The van der Waals surface area contributed by atoms with E-state index < -0.39 is 5.41 Å². The number of hydrogen-bond donors (Lipinski definition) is 0. The molecule has 3 heterocycles. The zero-order chi connectivity index (χ0) is 31.8. The van der Waals surface area contributed by atoms with E-state index in [-0.39, 0.29) is 0 Å². The van der Waals surface area contributed by atoms with Gasteiger partial charge in [0.2, 0.25) is 0 Å². The Bertz CT molecular complexity index is 2160. The van der Waals surface area contributed by atoms with E-state index in [4.69, 9.17) is 9.72 Å². The molecule has 4 heteroatoms. The predicted octanol–water partition coefficient (Wildman–Crippen LogP) is 11.1. The van der Waals surface area contributed by atoms with E-state index in [0.29, 0.717) is 0 Å². The van der Waals surface area contributed by atoms with Crippen molar-refractivity contribution >= 4 is 11.8 Å². The number of fused-ring (bicyclic) bond motifs is 2. The smallest absolute Gasteiger partial charge is 0.128 e. The number of rotatable bonds is 6. The van der Waals surface area contributed by atoms with Gasteiger partial charge < -0.3 is 4.74 Å². The van der Waals surface area contributed by atoms with E-state index in [0.717, 1.165) is 39.6 Å². The molecule has 5 aromatic carbocycles. The van der Waals surface area contributed by atoms with E-state index in [9.17, 15) is 0 Å². The van der Waals surface area contributed by atoms with Gasteiger partial charge in [0.15, 0.2) is 0 Å². The van der Waals surface area contributed by atoms with Crippen LogP contribution in [0.5, 0.6) is 11.5 Å². The number of ether oxygens (including phenoxy) is 1. The lowest BCUT2D eigenvalue weighted by atomic mass is 9.66. The van der Waals surface area contributed by atoms with Crippen LogP contribution in [-0.4, -0.2) is 9.97 Å². The summed E-state index contributed by atoms with van der Waals surface area (Å²) in [5.41, 5.74) is 10.6. The normalized spacial score (nSPS) is 13.0. The zero-order valence-electron chi connectivity index (χ0n) is 26.2. The molecule has 0 bridgehead atoms. The van der Waals surface area contributed by atoms with E-state index in [1.807, 2.05) is 54.5 Å². The fraction of sp³-hybridized carbons (Fsp3) is 0.0698. The number of nitrogens with zero attached hydrogens (tertiary/aromatic N) is 2. The highest BCUT2D eigenvalue weighted by Crippen LogP contribution is 2.55. The summed E-state index contributed by atoms with van der Waals surface area (Å²) in [5.74, 6) is 1.52. The first kappa shape index (κ1) is 29.0. The number of benzene rings is 5. The van der Waals surface area contributed by atoms with E-state index in [1.165, 1.54) is 37.6 Å². The molecule has 226 valence electrons. The van der Waals surface area contributed by atoms with Crippen molar-refractivity contribution < 1.29 is 4.74 Å². The minimum Gasteiger partial charge on any atom is -0.457 e. The summed E-state index contributed by atoms with van der Waals surface area (Å²) in [6.07, 6.45) is 3.73. The molecule has 2 aromatic heterocycles. The summed E-state index contributed by atoms with van der Waals surface area (Å²) in [6, 6.07) is 51.0. The van der Waals surface area contributed by atoms with Crippen molar-refractivity contribution in [3.63, 3.8) is 0 Å². The monoisotopic (exact) mass is 624 g/mol. The molecule has 0 radical (unpaired) electrons. The average molecular weight is 625 g/mol. The molecule has 3 nitrogen and oxygen atoms in total. The van der Waals surface area contributed by atoms with Crippen molar-refractivity contribution in [2.45, 2.75) is 29.1 Å². The molecule has 0 atom stereocenters. The Morgan fingerprint density at radius 3 is 1.85 bits per heavy atom. The molecule has 8 rings (SSSR count). The van der Waals surface area contributed by atoms with Crippen molar-refractivity contribution in [3.8, 4) is 33.9 Å². The van der Waals surface area contributed by atoms with Crippen LogP contribution in [0.3, 0.4) is 0 Å². The molecule has 0 unspecified atom stereocenters. The minimum absolute atomic E-state index is 0.627. The van der Waals surface area contributed by atoms with Crippen LogP contribution in [-0.2, 0) is 5.41 Å². The lowest BCUT2D eigenvalue weighted by molar-refractivity contribution is 0.481. The fourth-order valence-electron chi connectivity index (χ4n) is 7.00. The maximum atomic E-state index is 6.82. The van der Waals surface area contributed by atoms with Gasteiger partial charge in [-0.05, 0) is 120 Å². The zero-order valence-corrected chi connectivity index (χ0v) is 27.0. The Morgan fingerprint density at radius 2 is 1.17 bits per heavy atom. The third-order valence-corrected chi connectivity index (χ3v) is 10.1. The molecule has 7 aromatic rings. The number of pyridine rings is 2. The maximum absolute atomic E-state index is 6.82. The van der Waals surface area contributed by atoms with Crippen molar-refractivity contribution in [3.05, 3.63) is 191 Å². The van der Waals surface area contributed by atoms with Crippen molar-refractivity contribution in [2.24, 2.45) is 0 Å². The van der Waals surface area contributed by atoms with Crippen LogP contribution >= 0.6 is 11.8 Å². The lowest BCUT2D eigenvalue weighted by Gasteiger charge is -2.40. The van der Waals surface area contributed by atoms with Gasteiger partial charge in [-0.15, -0.1) is 0 Å². The Hall–Kier alpha value is -5.45. The summed E-state index contributed by atoms with van der Waals surface area (Å²) in [7, 11) is 0. The van der Waals surface area contributed by atoms with Gasteiger partial charge in [-0.2, -0.15) is 0 Å². The molecule has 0 fully saturated rings. The molecule has 0 saturated carbocycles. The van der Waals surface area contributed by atoms with Crippen LogP contribution < -0.4 is 4.74 Å². The van der Waals surface area contributed by atoms with Gasteiger partial charge >= 0.3 is 0 Å². The second kappa shape index (κ2) is 12.1. The molecule has 1 aliphatic rings. The molecule has 0 saturated heterocycles. The highest BCUT2D eigenvalue weighted by Gasteiger charge is 2.45. The first-order chi connectivity index (χ1) is 23.1.